The number of allylic oxidation sites excluding steroid dienone is 3. The molecule has 3 fully saturated rings. The van der Waals surface area contributed by atoms with Gasteiger partial charge in [0.2, 0.25) is 5.91 Å². The molecule has 17 unspecified atom stereocenters. The summed E-state index contributed by atoms with van der Waals surface area (Å²) < 4.78 is 34.4. The van der Waals surface area contributed by atoms with E-state index in [1.807, 2.05) is 6.08 Å². The third-order valence-corrected chi connectivity index (χ3v) is 18.2. The number of hydrogen-bond donors (Lipinski definition) is 12. The molecule has 3 aliphatic heterocycles. The minimum Gasteiger partial charge on any atom is -0.394 e. The molecule has 19 nitrogen and oxygen atoms in total. The molecule has 524 valence electrons. The average molecular weight is 1270 g/mol. The molecule has 0 bridgehead atoms. The molecule has 0 radical (unpaired) electrons. The first kappa shape index (κ1) is 81.5. The quantitative estimate of drug-likeness (QED) is 0.0199. The van der Waals surface area contributed by atoms with Crippen LogP contribution in [0, 0.1) is 0 Å². The molecule has 12 N–H and O–H groups in total. The molecule has 0 spiro atoms. The van der Waals surface area contributed by atoms with Crippen molar-refractivity contribution in [2.24, 2.45) is 0 Å². The molecular formula is C70H131NO18. The van der Waals surface area contributed by atoms with Crippen LogP contribution < -0.4 is 5.32 Å². The minimum atomic E-state index is -1.98. The molecule has 0 saturated carbocycles. The number of aliphatic hydroxyl groups is 11. The molecule has 0 aromatic heterocycles. The summed E-state index contributed by atoms with van der Waals surface area (Å²) in [7, 11) is 0. The lowest BCUT2D eigenvalue weighted by molar-refractivity contribution is -0.379. The van der Waals surface area contributed by atoms with E-state index >= 15 is 0 Å². The zero-order chi connectivity index (χ0) is 64.7. The first-order valence-electron chi connectivity index (χ1n) is 36.1. The second kappa shape index (κ2) is 52.5. The summed E-state index contributed by atoms with van der Waals surface area (Å²) in [5.41, 5.74) is 0. The number of aliphatic hydroxyl groups excluding tert-OH is 11. The summed E-state index contributed by atoms with van der Waals surface area (Å²) in [4.78, 5) is 13.4. The van der Waals surface area contributed by atoms with Gasteiger partial charge in [-0.15, -0.1) is 0 Å². The highest BCUT2D eigenvalue weighted by molar-refractivity contribution is 5.76. The van der Waals surface area contributed by atoms with E-state index in [1.54, 1.807) is 6.08 Å². The Bertz CT molecular complexity index is 1710. The predicted molar refractivity (Wildman–Crippen MR) is 346 cm³/mol. The van der Waals surface area contributed by atoms with Crippen LogP contribution in [0.2, 0.25) is 0 Å². The maximum Gasteiger partial charge on any atom is 0.220 e. The first-order valence-corrected chi connectivity index (χ1v) is 36.1. The normalized spacial score (nSPS) is 28.3. The van der Waals surface area contributed by atoms with Crippen LogP contribution in [0.15, 0.2) is 24.3 Å². The Balaban J connectivity index is 1.41. The minimum absolute atomic E-state index is 0.247. The molecule has 17 atom stereocenters. The van der Waals surface area contributed by atoms with Crippen LogP contribution in [0.25, 0.3) is 0 Å². The van der Waals surface area contributed by atoms with Gasteiger partial charge in [-0.05, 0) is 44.9 Å². The molecular weight excluding hydrogens is 1140 g/mol. The largest absolute Gasteiger partial charge is 0.394 e. The van der Waals surface area contributed by atoms with Gasteiger partial charge in [0.05, 0.1) is 38.6 Å². The van der Waals surface area contributed by atoms with E-state index in [1.165, 1.54) is 212 Å². The van der Waals surface area contributed by atoms with Crippen LogP contribution in [0.3, 0.4) is 0 Å². The number of ether oxygens (including phenoxy) is 6. The summed E-state index contributed by atoms with van der Waals surface area (Å²) in [6, 6.07) is -0.971. The number of rotatable bonds is 56. The van der Waals surface area contributed by atoms with Gasteiger partial charge in [-0.2, -0.15) is 0 Å². The summed E-state index contributed by atoms with van der Waals surface area (Å²) in [5.74, 6) is -0.271. The van der Waals surface area contributed by atoms with Gasteiger partial charge in [-0.3, -0.25) is 4.79 Å². The molecule has 89 heavy (non-hydrogen) atoms. The maximum atomic E-state index is 13.4. The Morgan fingerprint density at radius 3 is 1.09 bits per heavy atom. The molecule has 0 aromatic carbocycles. The van der Waals surface area contributed by atoms with Gasteiger partial charge in [0.25, 0.3) is 0 Å². The smallest absolute Gasteiger partial charge is 0.220 e. The third kappa shape index (κ3) is 34.5. The van der Waals surface area contributed by atoms with Crippen LogP contribution >= 0.6 is 0 Å². The van der Waals surface area contributed by atoms with Crippen molar-refractivity contribution in [1.29, 1.82) is 0 Å². The van der Waals surface area contributed by atoms with Crippen LogP contribution in [0.5, 0.6) is 0 Å². The summed E-state index contributed by atoms with van der Waals surface area (Å²) in [5, 5.41) is 121. The van der Waals surface area contributed by atoms with Crippen molar-refractivity contribution in [1.82, 2.24) is 5.32 Å². The average Bonchev–Trinajstić information content (AvgIpc) is 2.46. The molecule has 0 aromatic rings. The second-order valence-corrected chi connectivity index (χ2v) is 26.1. The summed E-state index contributed by atoms with van der Waals surface area (Å²) in [6.45, 7) is 1.76. The number of carbonyl (C=O) groups excluding carboxylic acids is 1. The highest BCUT2D eigenvalue weighted by Gasteiger charge is 2.53. The topological polar surface area (TPSA) is 307 Å². The van der Waals surface area contributed by atoms with Crippen molar-refractivity contribution in [3.63, 3.8) is 0 Å². The van der Waals surface area contributed by atoms with Gasteiger partial charge >= 0.3 is 0 Å². The van der Waals surface area contributed by atoms with E-state index in [2.05, 4.69) is 31.3 Å². The van der Waals surface area contributed by atoms with Crippen molar-refractivity contribution in [2.75, 3.05) is 26.4 Å². The standard InChI is InChI=1S/C70H131NO18/c1-3-5-7-9-11-13-15-17-19-21-22-23-24-25-26-27-28-29-30-32-34-36-38-40-42-44-46-48-58(76)71-53(54(75)47-45-43-41-39-37-35-33-31-20-18-16-14-12-10-8-6-4-2)52-84-68-64(82)61(79)66(56(50-73)86-68)89-70-65(83)62(80)67(57(51-74)87-70)88-69-63(81)60(78)59(77)55(49-72)85-69/h21-22,45,47,53-57,59-70,72-75,77-83H,3-20,23-44,46,48-52H2,1-2H3,(H,71,76)/b22-21-,47-45+. The van der Waals surface area contributed by atoms with Gasteiger partial charge in [0, 0.05) is 6.42 Å². The predicted octanol–water partition coefficient (Wildman–Crippen LogP) is 9.83. The molecule has 3 saturated heterocycles. The number of hydrogen-bond acceptors (Lipinski definition) is 18. The fraction of sp³-hybridized carbons (Fsp3) is 0.929. The summed E-state index contributed by atoms with van der Waals surface area (Å²) >= 11 is 0. The Hall–Kier alpha value is -1.73. The molecule has 19 heteroatoms. The Labute approximate surface area is 537 Å². The fourth-order valence-corrected chi connectivity index (χ4v) is 12.4. The van der Waals surface area contributed by atoms with Crippen LogP contribution in [0.1, 0.15) is 284 Å². The van der Waals surface area contributed by atoms with Crippen molar-refractivity contribution < 1.29 is 89.4 Å². The van der Waals surface area contributed by atoms with Crippen molar-refractivity contribution in [2.45, 2.75) is 388 Å². The lowest BCUT2D eigenvalue weighted by Crippen LogP contribution is -2.66. The third-order valence-electron chi connectivity index (χ3n) is 18.2. The van der Waals surface area contributed by atoms with E-state index in [9.17, 15) is 61.0 Å². The molecule has 3 aliphatic rings. The number of nitrogens with one attached hydrogen (secondary N) is 1. The zero-order valence-corrected chi connectivity index (χ0v) is 55.4. The van der Waals surface area contributed by atoms with Crippen LogP contribution in [-0.4, -0.2) is 193 Å². The first-order chi connectivity index (χ1) is 43.3. The van der Waals surface area contributed by atoms with Crippen molar-refractivity contribution in [3.8, 4) is 0 Å². The zero-order valence-electron chi connectivity index (χ0n) is 55.4. The van der Waals surface area contributed by atoms with E-state index in [0.717, 1.165) is 44.9 Å². The van der Waals surface area contributed by atoms with E-state index in [4.69, 9.17) is 28.4 Å². The summed E-state index contributed by atoms with van der Waals surface area (Å²) in [6.07, 6.45) is 33.0. The van der Waals surface area contributed by atoms with Gasteiger partial charge in [-0.1, -0.05) is 256 Å². The van der Waals surface area contributed by atoms with Crippen LogP contribution in [0.4, 0.5) is 0 Å². The van der Waals surface area contributed by atoms with E-state index < -0.39 is 124 Å². The van der Waals surface area contributed by atoms with Crippen molar-refractivity contribution in [3.05, 3.63) is 24.3 Å². The maximum absolute atomic E-state index is 13.4. The highest BCUT2D eigenvalue weighted by atomic mass is 16.8. The highest BCUT2D eigenvalue weighted by Crippen LogP contribution is 2.33. The van der Waals surface area contributed by atoms with Gasteiger partial charge in [0.1, 0.15) is 73.2 Å². The Kier molecular flexibility index (Phi) is 48.1. The molecule has 1 amide bonds. The second-order valence-electron chi connectivity index (χ2n) is 26.1. The van der Waals surface area contributed by atoms with E-state index in [0.29, 0.717) is 6.42 Å². The Morgan fingerprint density at radius 1 is 0.393 bits per heavy atom. The van der Waals surface area contributed by atoms with Gasteiger partial charge in [0.15, 0.2) is 18.9 Å². The van der Waals surface area contributed by atoms with Crippen molar-refractivity contribution >= 4 is 5.91 Å². The van der Waals surface area contributed by atoms with E-state index in [-0.39, 0.29) is 18.9 Å². The molecule has 0 aliphatic carbocycles. The van der Waals surface area contributed by atoms with Gasteiger partial charge in [-0.25, -0.2) is 0 Å². The van der Waals surface area contributed by atoms with Crippen LogP contribution in [-0.2, 0) is 33.2 Å². The SMILES string of the molecule is CCCCCCCCCC/C=C\CCCCCCCCCCCCCCCCCC(=O)NC(COC1OC(CO)C(OC2OC(CO)C(OC3OC(CO)C(O)C(O)C3O)C(O)C2O)C(O)C1O)C(O)/C=C/CCCCCCCCCCCCCCCCC. The monoisotopic (exact) mass is 1270 g/mol. The molecule has 3 heterocycles. The number of amides is 1. The number of unbranched alkanes of at least 4 members (excludes halogenated alkanes) is 38. The fourth-order valence-electron chi connectivity index (χ4n) is 12.4. The lowest BCUT2D eigenvalue weighted by Gasteiger charge is -2.48. The molecule has 3 rings (SSSR count). The lowest BCUT2D eigenvalue weighted by atomic mass is 9.96. The number of carbonyl (C=O) groups is 1. The Morgan fingerprint density at radius 2 is 0.708 bits per heavy atom. The van der Waals surface area contributed by atoms with Gasteiger partial charge < -0.3 is 89.9 Å².